The lowest BCUT2D eigenvalue weighted by atomic mass is 10.0. The van der Waals surface area contributed by atoms with Crippen LogP contribution in [0.5, 0.6) is 11.5 Å². The number of nitrogens with one attached hydrogen (secondary N) is 1. The van der Waals surface area contributed by atoms with E-state index in [2.05, 4.69) is 38.0 Å². The molecule has 1 aliphatic rings. The highest BCUT2D eigenvalue weighted by Crippen LogP contribution is 2.39. The summed E-state index contributed by atoms with van der Waals surface area (Å²) >= 11 is 14.4. The third kappa shape index (κ3) is 4.15. The van der Waals surface area contributed by atoms with Gasteiger partial charge >= 0.3 is 0 Å². The molecule has 1 aromatic heterocycles. The number of aromatic nitrogens is 3. The summed E-state index contributed by atoms with van der Waals surface area (Å²) < 4.78 is 14.1. The lowest BCUT2D eigenvalue weighted by Gasteiger charge is -2.25. The Hall–Kier alpha value is -2.04. The molecule has 29 heavy (non-hydrogen) atoms. The molecule has 0 radical (unpaired) electrons. The summed E-state index contributed by atoms with van der Waals surface area (Å²) in [5.74, 6) is 1.48. The number of carbonyl (C=O) groups is 1. The minimum atomic E-state index is -0.275. The Kier molecular flexibility index (Phi) is 5.84. The van der Waals surface area contributed by atoms with E-state index in [1.165, 1.54) is 6.33 Å². The van der Waals surface area contributed by atoms with Crippen LogP contribution >= 0.6 is 45.8 Å². The van der Waals surface area contributed by atoms with Crippen LogP contribution in [-0.4, -0.2) is 27.8 Å². The highest BCUT2D eigenvalue weighted by atomic mass is 127. The van der Waals surface area contributed by atoms with Crippen LogP contribution < -0.4 is 14.8 Å². The molecule has 0 fully saturated rings. The lowest BCUT2D eigenvalue weighted by Crippen LogP contribution is -2.29. The summed E-state index contributed by atoms with van der Waals surface area (Å²) in [5.41, 5.74) is 1.69. The Morgan fingerprint density at radius 3 is 2.90 bits per heavy atom. The van der Waals surface area contributed by atoms with Crippen molar-refractivity contribution >= 4 is 57.6 Å². The molecule has 150 valence electrons. The molecule has 0 spiro atoms. The molecule has 0 saturated heterocycles. The Balaban J connectivity index is 1.64. The second kappa shape index (κ2) is 8.37. The minimum absolute atomic E-state index is 0.109. The van der Waals surface area contributed by atoms with Gasteiger partial charge in [-0.1, -0.05) is 29.3 Å². The van der Waals surface area contributed by atoms with Gasteiger partial charge in [-0.25, -0.2) is 4.68 Å². The first-order valence-electron chi connectivity index (χ1n) is 8.59. The van der Waals surface area contributed by atoms with Gasteiger partial charge in [0.05, 0.1) is 23.1 Å². The molecular formula is C19H15Cl2IN4O3. The topological polar surface area (TPSA) is 78.3 Å². The van der Waals surface area contributed by atoms with Gasteiger partial charge in [-0.05, 0) is 52.4 Å². The predicted octanol–water partition coefficient (Wildman–Crippen LogP) is 4.71. The smallest absolute Gasteiger partial charge is 0.229 e. The molecule has 0 bridgehead atoms. The molecule has 3 aromatic rings. The molecule has 2 aromatic carbocycles. The number of carbonyl (C=O) groups excluding carboxylic acids is 1. The molecule has 0 unspecified atom stereocenters. The number of halogens is 3. The molecule has 1 N–H and O–H groups in total. The number of benzene rings is 2. The van der Waals surface area contributed by atoms with E-state index >= 15 is 0 Å². The van der Waals surface area contributed by atoms with E-state index in [0.717, 1.165) is 14.7 Å². The van der Waals surface area contributed by atoms with Gasteiger partial charge < -0.3 is 9.47 Å². The summed E-state index contributed by atoms with van der Waals surface area (Å²) in [7, 11) is 1.58. The molecule has 4 rings (SSSR count). The second-order valence-corrected chi connectivity index (χ2v) is 8.36. The zero-order chi connectivity index (χ0) is 20.5. The van der Waals surface area contributed by atoms with E-state index in [9.17, 15) is 4.79 Å². The first-order valence-corrected chi connectivity index (χ1v) is 10.4. The van der Waals surface area contributed by atoms with Gasteiger partial charge in [0, 0.05) is 15.6 Å². The average Bonchev–Trinajstić information content (AvgIpc) is 3.15. The molecule has 7 nitrogen and oxygen atoms in total. The van der Waals surface area contributed by atoms with Crippen LogP contribution in [0, 0.1) is 3.57 Å². The number of nitrogens with zero attached hydrogens (tertiary/aromatic N) is 3. The highest BCUT2D eigenvalue weighted by Gasteiger charge is 2.29. The molecule has 2 heterocycles. The standard InChI is InChI=1S/C19H15Cl2IN4O3/c1-28-16-5-11(15-7-17(27)25-19-23-9-24-26(15)19)4-14(22)18(16)29-8-10-2-3-12(20)6-13(10)21/h2-6,9,15H,7-8H2,1H3,(H,23,24,25,27)/t15-/m0/s1. The Morgan fingerprint density at radius 2 is 2.14 bits per heavy atom. The van der Waals surface area contributed by atoms with Gasteiger partial charge in [-0.15, -0.1) is 0 Å². The van der Waals surface area contributed by atoms with Crippen molar-refractivity contribution in [3.05, 3.63) is 61.4 Å². The third-order valence-corrected chi connectivity index (χ3v) is 5.91. The number of ether oxygens (including phenoxy) is 2. The number of anilines is 1. The van der Waals surface area contributed by atoms with Crippen molar-refractivity contribution in [2.45, 2.75) is 19.1 Å². The van der Waals surface area contributed by atoms with E-state index in [1.54, 1.807) is 23.9 Å². The van der Waals surface area contributed by atoms with Gasteiger partial charge in [-0.2, -0.15) is 10.1 Å². The first kappa shape index (κ1) is 20.2. The van der Waals surface area contributed by atoms with Crippen LogP contribution in [0.15, 0.2) is 36.7 Å². The molecule has 1 aliphatic heterocycles. The van der Waals surface area contributed by atoms with Gasteiger partial charge in [0.1, 0.15) is 12.9 Å². The number of hydrogen-bond acceptors (Lipinski definition) is 5. The SMILES string of the molecule is COc1cc([C@@H]2CC(=O)Nc3ncnn32)cc(I)c1OCc1ccc(Cl)cc1Cl. The van der Waals surface area contributed by atoms with Crippen molar-refractivity contribution in [1.29, 1.82) is 0 Å². The Labute approximate surface area is 190 Å². The number of hydrogen-bond donors (Lipinski definition) is 1. The quantitative estimate of drug-likeness (QED) is 0.471. The number of fused-ring (bicyclic) bond motifs is 1. The maximum Gasteiger partial charge on any atom is 0.229 e. The fourth-order valence-electron chi connectivity index (χ4n) is 3.13. The van der Waals surface area contributed by atoms with E-state index in [0.29, 0.717) is 27.5 Å². The molecule has 10 heteroatoms. The number of methoxy groups -OCH3 is 1. The van der Waals surface area contributed by atoms with Gasteiger partial charge in [-0.3, -0.25) is 10.1 Å². The summed E-state index contributed by atoms with van der Waals surface area (Å²) in [6, 6.07) is 8.80. The maximum atomic E-state index is 12.1. The lowest BCUT2D eigenvalue weighted by molar-refractivity contribution is -0.117. The maximum absolute atomic E-state index is 12.1. The fourth-order valence-corrected chi connectivity index (χ4v) is 4.37. The zero-order valence-electron chi connectivity index (χ0n) is 15.2. The number of amides is 1. The summed E-state index contributed by atoms with van der Waals surface area (Å²) in [4.78, 5) is 16.1. The molecule has 0 saturated carbocycles. The predicted molar refractivity (Wildman–Crippen MR) is 118 cm³/mol. The monoisotopic (exact) mass is 544 g/mol. The molecule has 1 atom stereocenters. The molecule has 1 amide bonds. The van der Waals surface area contributed by atoms with E-state index < -0.39 is 0 Å². The van der Waals surface area contributed by atoms with Crippen molar-refractivity contribution in [3.8, 4) is 11.5 Å². The fraction of sp³-hybridized carbons (Fsp3) is 0.211. The third-order valence-electron chi connectivity index (χ3n) is 4.52. The van der Waals surface area contributed by atoms with Gasteiger partial charge in [0.25, 0.3) is 0 Å². The molecular weight excluding hydrogens is 530 g/mol. The van der Waals surface area contributed by atoms with Crippen LogP contribution in [0.2, 0.25) is 10.0 Å². The van der Waals surface area contributed by atoms with Crippen LogP contribution in [0.3, 0.4) is 0 Å². The van der Waals surface area contributed by atoms with E-state index in [1.807, 2.05) is 18.2 Å². The Morgan fingerprint density at radius 1 is 1.31 bits per heavy atom. The van der Waals surface area contributed by atoms with Crippen LogP contribution in [0.25, 0.3) is 0 Å². The normalized spacial score (nSPS) is 15.6. The van der Waals surface area contributed by atoms with Gasteiger partial charge in [0.15, 0.2) is 11.5 Å². The van der Waals surface area contributed by atoms with Crippen molar-refractivity contribution in [3.63, 3.8) is 0 Å². The van der Waals surface area contributed by atoms with Crippen molar-refractivity contribution < 1.29 is 14.3 Å². The summed E-state index contributed by atoms with van der Waals surface area (Å²) in [5, 5.41) is 8.06. The van der Waals surface area contributed by atoms with Crippen LogP contribution in [-0.2, 0) is 11.4 Å². The zero-order valence-corrected chi connectivity index (χ0v) is 18.8. The largest absolute Gasteiger partial charge is 0.493 e. The second-order valence-electron chi connectivity index (χ2n) is 6.35. The first-order chi connectivity index (χ1) is 14.0. The number of rotatable bonds is 5. The summed E-state index contributed by atoms with van der Waals surface area (Å²) in [6.45, 7) is 0.265. The average molecular weight is 545 g/mol. The van der Waals surface area contributed by atoms with E-state index in [4.69, 9.17) is 32.7 Å². The minimum Gasteiger partial charge on any atom is -0.493 e. The van der Waals surface area contributed by atoms with Crippen molar-refractivity contribution in [1.82, 2.24) is 14.8 Å². The highest BCUT2D eigenvalue weighted by molar-refractivity contribution is 14.1. The van der Waals surface area contributed by atoms with Crippen LogP contribution in [0.1, 0.15) is 23.6 Å². The van der Waals surface area contributed by atoms with E-state index in [-0.39, 0.29) is 25.0 Å². The van der Waals surface area contributed by atoms with Crippen molar-refractivity contribution in [2.24, 2.45) is 0 Å². The van der Waals surface area contributed by atoms with Crippen molar-refractivity contribution in [2.75, 3.05) is 12.4 Å². The Bertz CT molecular complexity index is 1090. The summed E-state index contributed by atoms with van der Waals surface area (Å²) in [6.07, 6.45) is 1.68. The van der Waals surface area contributed by atoms with Gasteiger partial charge in [0.2, 0.25) is 11.9 Å². The van der Waals surface area contributed by atoms with Crippen LogP contribution in [0.4, 0.5) is 5.95 Å². The molecule has 0 aliphatic carbocycles.